The zero-order valence-corrected chi connectivity index (χ0v) is 11.8. The lowest BCUT2D eigenvalue weighted by Crippen LogP contribution is -2.19. The van der Waals surface area contributed by atoms with E-state index in [4.69, 9.17) is 4.74 Å². The molecule has 2 aromatic rings. The molecule has 3 heterocycles. The highest BCUT2D eigenvalue weighted by molar-refractivity contribution is 5.39. The molecule has 2 aromatic heterocycles. The molecular weight excluding hydrogens is 266 g/mol. The second-order valence-electron chi connectivity index (χ2n) is 4.96. The van der Waals surface area contributed by atoms with E-state index in [1.165, 1.54) is 0 Å². The lowest BCUT2D eigenvalue weighted by atomic mass is 10.2. The number of hydrogen-bond acceptors (Lipinski definition) is 6. The van der Waals surface area contributed by atoms with Crippen molar-refractivity contribution in [2.24, 2.45) is 0 Å². The standard InChI is InChI=1S/C15H19N5O/c1-2-7-16-12(4-1)10-19-15-17-8-6-14(20-15)18-11-13-5-3-9-21-13/h1-2,4,6-8,13H,3,5,9-11H2,(H2,17,18,19,20). The molecule has 1 saturated heterocycles. The minimum absolute atomic E-state index is 0.296. The Morgan fingerprint density at radius 1 is 1.14 bits per heavy atom. The van der Waals surface area contributed by atoms with Gasteiger partial charge in [-0.25, -0.2) is 4.98 Å². The Balaban J connectivity index is 1.52. The van der Waals surface area contributed by atoms with Crippen LogP contribution in [-0.2, 0) is 11.3 Å². The molecule has 0 radical (unpaired) electrons. The molecule has 0 aliphatic carbocycles. The van der Waals surface area contributed by atoms with E-state index in [0.717, 1.165) is 37.5 Å². The number of ether oxygens (including phenoxy) is 1. The zero-order chi connectivity index (χ0) is 14.3. The normalized spacial score (nSPS) is 17.6. The van der Waals surface area contributed by atoms with Gasteiger partial charge in [0, 0.05) is 25.5 Å². The van der Waals surface area contributed by atoms with Crippen LogP contribution in [0.3, 0.4) is 0 Å². The molecule has 110 valence electrons. The Kier molecular flexibility index (Phi) is 4.58. The first-order valence-corrected chi connectivity index (χ1v) is 7.22. The fourth-order valence-corrected chi connectivity index (χ4v) is 2.24. The van der Waals surface area contributed by atoms with Gasteiger partial charge in [0.1, 0.15) is 5.82 Å². The van der Waals surface area contributed by atoms with Crippen LogP contribution in [-0.4, -0.2) is 34.2 Å². The SMILES string of the molecule is c1ccc(CNc2nccc(NCC3CCCO3)n2)nc1. The van der Waals surface area contributed by atoms with Crippen molar-refractivity contribution in [3.63, 3.8) is 0 Å². The van der Waals surface area contributed by atoms with Crippen LogP contribution >= 0.6 is 0 Å². The van der Waals surface area contributed by atoms with Crippen LogP contribution in [0.5, 0.6) is 0 Å². The Labute approximate surface area is 124 Å². The molecule has 0 bridgehead atoms. The summed E-state index contributed by atoms with van der Waals surface area (Å²) in [5.74, 6) is 1.40. The van der Waals surface area contributed by atoms with Crippen molar-refractivity contribution >= 4 is 11.8 Å². The molecule has 2 N–H and O–H groups in total. The third-order valence-corrected chi connectivity index (χ3v) is 3.34. The van der Waals surface area contributed by atoms with Crippen LogP contribution in [0.2, 0.25) is 0 Å². The van der Waals surface area contributed by atoms with Gasteiger partial charge in [-0.1, -0.05) is 6.07 Å². The Bertz CT molecular complexity index is 557. The number of rotatable bonds is 6. The van der Waals surface area contributed by atoms with E-state index in [-0.39, 0.29) is 0 Å². The summed E-state index contributed by atoms with van der Waals surface area (Å²) in [7, 11) is 0. The molecular formula is C15H19N5O. The quantitative estimate of drug-likeness (QED) is 0.846. The predicted octanol–water partition coefficient (Wildman–Crippen LogP) is 2.07. The summed E-state index contributed by atoms with van der Waals surface area (Å²) in [6.45, 7) is 2.26. The molecule has 0 amide bonds. The molecule has 6 heteroatoms. The van der Waals surface area contributed by atoms with Crippen molar-refractivity contribution in [1.29, 1.82) is 0 Å². The number of hydrogen-bond donors (Lipinski definition) is 2. The zero-order valence-electron chi connectivity index (χ0n) is 11.8. The van der Waals surface area contributed by atoms with E-state index in [9.17, 15) is 0 Å². The molecule has 1 aliphatic heterocycles. The molecule has 3 rings (SSSR count). The second kappa shape index (κ2) is 6.99. The highest BCUT2D eigenvalue weighted by atomic mass is 16.5. The highest BCUT2D eigenvalue weighted by Crippen LogP contribution is 2.13. The molecule has 1 atom stereocenters. The topological polar surface area (TPSA) is 72.0 Å². The third kappa shape index (κ3) is 4.13. The lowest BCUT2D eigenvalue weighted by molar-refractivity contribution is 0.120. The highest BCUT2D eigenvalue weighted by Gasteiger charge is 2.15. The maximum atomic E-state index is 5.58. The first-order valence-electron chi connectivity index (χ1n) is 7.22. The smallest absolute Gasteiger partial charge is 0.224 e. The van der Waals surface area contributed by atoms with Gasteiger partial charge in [0.2, 0.25) is 5.95 Å². The number of nitrogens with zero attached hydrogens (tertiary/aromatic N) is 3. The predicted molar refractivity (Wildman–Crippen MR) is 81.1 cm³/mol. The summed E-state index contributed by atoms with van der Waals surface area (Å²) in [5.41, 5.74) is 0.957. The molecule has 1 aliphatic rings. The summed E-state index contributed by atoms with van der Waals surface area (Å²) >= 11 is 0. The number of nitrogens with one attached hydrogen (secondary N) is 2. The molecule has 6 nitrogen and oxygen atoms in total. The summed E-state index contributed by atoms with van der Waals surface area (Å²) in [6.07, 6.45) is 6.07. The first-order chi connectivity index (χ1) is 10.4. The van der Waals surface area contributed by atoms with Crippen LogP contribution < -0.4 is 10.6 Å². The Morgan fingerprint density at radius 3 is 2.95 bits per heavy atom. The van der Waals surface area contributed by atoms with Gasteiger partial charge in [0.15, 0.2) is 0 Å². The summed E-state index contributed by atoms with van der Waals surface area (Å²) in [5, 5.41) is 6.47. The van der Waals surface area contributed by atoms with Gasteiger partial charge >= 0.3 is 0 Å². The van der Waals surface area contributed by atoms with Gasteiger partial charge < -0.3 is 15.4 Å². The molecule has 0 aromatic carbocycles. The monoisotopic (exact) mass is 285 g/mol. The lowest BCUT2D eigenvalue weighted by Gasteiger charge is -2.12. The summed E-state index contributed by atoms with van der Waals surface area (Å²) < 4.78 is 5.58. The van der Waals surface area contributed by atoms with E-state index < -0.39 is 0 Å². The van der Waals surface area contributed by atoms with Crippen LogP contribution in [0.15, 0.2) is 36.7 Å². The van der Waals surface area contributed by atoms with Crippen LogP contribution in [0.1, 0.15) is 18.5 Å². The van der Waals surface area contributed by atoms with Gasteiger partial charge in [-0.2, -0.15) is 4.98 Å². The van der Waals surface area contributed by atoms with Crippen LogP contribution in [0.4, 0.5) is 11.8 Å². The largest absolute Gasteiger partial charge is 0.376 e. The van der Waals surface area contributed by atoms with E-state index in [1.54, 1.807) is 12.4 Å². The minimum atomic E-state index is 0.296. The average molecular weight is 285 g/mol. The second-order valence-corrected chi connectivity index (χ2v) is 4.96. The number of pyridine rings is 1. The van der Waals surface area contributed by atoms with Crippen molar-refractivity contribution in [3.05, 3.63) is 42.4 Å². The minimum Gasteiger partial charge on any atom is -0.376 e. The van der Waals surface area contributed by atoms with Gasteiger partial charge in [-0.15, -0.1) is 0 Å². The average Bonchev–Trinajstić information content (AvgIpc) is 3.06. The van der Waals surface area contributed by atoms with E-state index in [2.05, 4.69) is 25.6 Å². The van der Waals surface area contributed by atoms with Crippen LogP contribution in [0.25, 0.3) is 0 Å². The Hall–Kier alpha value is -2.21. The van der Waals surface area contributed by atoms with E-state index in [1.807, 2.05) is 24.3 Å². The van der Waals surface area contributed by atoms with Crippen molar-refractivity contribution in [1.82, 2.24) is 15.0 Å². The number of anilines is 2. The van der Waals surface area contributed by atoms with Crippen molar-refractivity contribution < 1.29 is 4.74 Å². The molecule has 0 saturated carbocycles. The van der Waals surface area contributed by atoms with Crippen molar-refractivity contribution in [2.45, 2.75) is 25.5 Å². The first kappa shape index (κ1) is 13.8. The van der Waals surface area contributed by atoms with E-state index >= 15 is 0 Å². The van der Waals surface area contributed by atoms with Gasteiger partial charge in [0.05, 0.1) is 18.3 Å². The van der Waals surface area contributed by atoms with Gasteiger partial charge in [-0.3, -0.25) is 4.98 Å². The van der Waals surface area contributed by atoms with Gasteiger partial charge in [-0.05, 0) is 31.0 Å². The van der Waals surface area contributed by atoms with E-state index in [0.29, 0.717) is 18.6 Å². The maximum absolute atomic E-state index is 5.58. The van der Waals surface area contributed by atoms with Crippen LogP contribution in [0, 0.1) is 0 Å². The van der Waals surface area contributed by atoms with Gasteiger partial charge in [0.25, 0.3) is 0 Å². The van der Waals surface area contributed by atoms with Crippen molar-refractivity contribution in [2.75, 3.05) is 23.8 Å². The number of aromatic nitrogens is 3. The Morgan fingerprint density at radius 2 is 2.14 bits per heavy atom. The molecule has 1 fully saturated rings. The summed E-state index contributed by atoms with van der Waals surface area (Å²) in [6, 6.07) is 7.69. The van der Waals surface area contributed by atoms with Crippen molar-refractivity contribution in [3.8, 4) is 0 Å². The molecule has 0 spiro atoms. The maximum Gasteiger partial charge on any atom is 0.224 e. The fraction of sp³-hybridized carbons (Fsp3) is 0.400. The fourth-order valence-electron chi connectivity index (χ4n) is 2.24. The molecule has 1 unspecified atom stereocenters. The molecule has 21 heavy (non-hydrogen) atoms. The third-order valence-electron chi connectivity index (χ3n) is 3.34. The summed E-state index contributed by atoms with van der Waals surface area (Å²) in [4.78, 5) is 12.9.